The molecule has 16 heavy (non-hydrogen) atoms. The van der Waals surface area contributed by atoms with Gasteiger partial charge in [-0.3, -0.25) is 0 Å². The third-order valence-corrected chi connectivity index (χ3v) is 2.70. The van der Waals surface area contributed by atoms with E-state index < -0.39 is 0 Å². The van der Waals surface area contributed by atoms with Crippen molar-refractivity contribution >= 4 is 10.8 Å². The Labute approximate surface area is 118 Å². The van der Waals surface area contributed by atoms with Gasteiger partial charge in [-0.05, 0) is 10.8 Å². The number of benzene rings is 2. The van der Waals surface area contributed by atoms with Crippen LogP contribution in [0.4, 0.5) is 0 Å². The molecule has 1 heterocycles. The summed E-state index contributed by atoms with van der Waals surface area (Å²) in [5.41, 5.74) is 1.13. The van der Waals surface area contributed by atoms with Crippen molar-refractivity contribution in [3.8, 4) is 0 Å². The molecule has 0 bridgehead atoms. The van der Waals surface area contributed by atoms with Gasteiger partial charge in [-0.25, -0.2) is 0 Å². The Morgan fingerprint density at radius 1 is 0.938 bits per heavy atom. The van der Waals surface area contributed by atoms with E-state index in [0.29, 0.717) is 13.2 Å². The SMILES string of the molecule is [H-].[Na+].c1ccc2c(C3OCCO3)cccc2c1. The van der Waals surface area contributed by atoms with Gasteiger partial charge in [0.25, 0.3) is 0 Å². The van der Waals surface area contributed by atoms with Crippen molar-refractivity contribution in [2.75, 3.05) is 13.2 Å². The average molecular weight is 224 g/mol. The number of hydrogen-bond donors (Lipinski definition) is 0. The first kappa shape index (κ1) is 12.1. The van der Waals surface area contributed by atoms with Crippen molar-refractivity contribution in [2.24, 2.45) is 0 Å². The summed E-state index contributed by atoms with van der Waals surface area (Å²) in [4.78, 5) is 0. The minimum absolute atomic E-state index is 0. The number of hydrogen-bond acceptors (Lipinski definition) is 2. The van der Waals surface area contributed by atoms with Crippen LogP contribution in [-0.4, -0.2) is 13.2 Å². The molecule has 0 aromatic heterocycles. The maximum Gasteiger partial charge on any atom is 1.00 e. The summed E-state index contributed by atoms with van der Waals surface area (Å²) >= 11 is 0. The van der Waals surface area contributed by atoms with E-state index in [1.807, 2.05) is 18.2 Å². The predicted molar refractivity (Wildman–Crippen MR) is 59.7 cm³/mol. The monoisotopic (exact) mass is 224 g/mol. The molecule has 2 aromatic rings. The molecular formula is C13H13NaO2. The second-order valence-corrected chi connectivity index (χ2v) is 3.64. The van der Waals surface area contributed by atoms with Crippen LogP contribution in [0.2, 0.25) is 0 Å². The Kier molecular flexibility index (Phi) is 4.00. The molecular weight excluding hydrogens is 211 g/mol. The molecule has 78 valence electrons. The van der Waals surface area contributed by atoms with Crippen LogP contribution in [0.1, 0.15) is 13.3 Å². The van der Waals surface area contributed by atoms with Crippen LogP contribution in [0.25, 0.3) is 10.8 Å². The van der Waals surface area contributed by atoms with E-state index in [9.17, 15) is 0 Å². The normalized spacial score (nSPS) is 16.2. The van der Waals surface area contributed by atoms with Crippen LogP contribution in [0.5, 0.6) is 0 Å². The molecule has 0 aliphatic carbocycles. The van der Waals surface area contributed by atoms with Crippen molar-refractivity contribution in [1.82, 2.24) is 0 Å². The fourth-order valence-corrected chi connectivity index (χ4v) is 1.99. The standard InChI is InChI=1S/C13H12O2.Na.H/c1-2-6-11-10(4-1)5-3-7-12(11)13-14-8-9-15-13;;/h1-7,13H,8-9H2;;/q;+1;-1. The Hall–Kier alpha value is -0.380. The van der Waals surface area contributed by atoms with Crippen molar-refractivity contribution < 1.29 is 40.5 Å². The van der Waals surface area contributed by atoms with Gasteiger partial charge in [0.1, 0.15) is 0 Å². The van der Waals surface area contributed by atoms with Crippen LogP contribution >= 0.6 is 0 Å². The smallest absolute Gasteiger partial charge is 1.00 e. The van der Waals surface area contributed by atoms with Crippen LogP contribution < -0.4 is 29.6 Å². The molecule has 0 saturated carbocycles. The molecule has 1 aliphatic heterocycles. The number of ether oxygens (including phenoxy) is 2. The Morgan fingerprint density at radius 3 is 2.44 bits per heavy atom. The van der Waals surface area contributed by atoms with Gasteiger partial charge in [0.2, 0.25) is 0 Å². The van der Waals surface area contributed by atoms with Gasteiger partial charge in [0, 0.05) is 5.56 Å². The molecule has 2 nitrogen and oxygen atoms in total. The van der Waals surface area contributed by atoms with Crippen LogP contribution in [0.15, 0.2) is 42.5 Å². The minimum atomic E-state index is -0.184. The van der Waals surface area contributed by atoms with E-state index in [1.165, 1.54) is 10.8 Å². The van der Waals surface area contributed by atoms with Crippen molar-refractivity contribution in [3.05, 3.63) is 48.0 Å². The first-order valence-corrected chi connectivity index (χ1v) is 5.16. The Balaban J connectivity index is 0.000000722. The molecule has 2 aromatic carbocycles. The van der Waals surface area contributed by atoms with Gasteiger partial charge in [0.05, 0.1) is 13.2 Å². The quantitative estimate of drug-likeness (QED) is 0.635. The number of rotatable bonds is 1. The van der Waals surface area contributed by atoms with Crippen molar-refractivity contribution in [2.45, 2.75) is 6.29 Å². The molecule has 0 unspecified atom stereocenters. The van der Waals surface area contributed by atoms with E-state index in [1.54, 1.807) is 0 Å². The molecule has 0 N–H and O–H groups in total. The summed E-state index contributed by atoms with van der Waals surface area (Å²) in [5.74, 6) is 0. The summed E-state index contributed by atoms with van der Waals surface area (Å²) in [5, 5.41) is 2.45. The maximum atomic E-state index is 5.52. The van der Waals surface area contributed by atoms with Crippen molar-refractivity contribution in [3.63, 3.8) is 0 Å². The fraction of sp³-hybridized carbons (Fsp3) is 0.231. The molecule has 3 heteroatoms. The van der Waals surface area contributed by atoms with Crippen LogP contribution in [0, 0.1) is 0 Å². The van der Waals surface area contributed by atoms with Gasteiger partial charge in [-0.1, -0.05) is 42.5 Å². The van der Waals surface area contributed by atoms with Gasteiger partial charge >= 0.3 is 29.6 Å². The fourth-order valence-electron chi connectivity index (χ4n) is 1.99. The zero-order valence-electron chi connectivity index (χ0n) is 10.3. The van der Waals surface area contributed by atoms with Gasteiger partial charge in [-0.15, -0.1) is 0 Å². The molecule has 3 rings (SSSR count). The van der Waals surface area contributed by atoms with Crippen molar-refractivity contribution in [1.29, 1.82) is 0 Å². The zero-order chi connectivity index (χ0) is 10.1. The second-order valence-electron chi connectivity index (χ2n) is 3.64. The van der Waals surface area contributed by atoms with E-state index in [4.69, 9.17) is 9.47 Å². The molecule has 1 saturated heterocycles. The summed E-state index contributed by atoms with van der Waals surface area (Å²) in [6.07, 6.45) is -0.184. The van der Waals surface area contributed by atoms with Gasteiger partial charge in [0.15, 0.2) is 6.29 Å². The van der Waals surface area contributed by atoms with E-state index in [2.05, 4.69) is 24.3 Å². The molecule has 1 aliphatic rings. The van der Waals surface area contributed by atoms with E-state index in [-0.39, 0.29) is 37.3 Å². The second kappa shape index (κ2) is 5.30. The summed E-state index contributed by atoms with van der Waals surface area (Å²) in [6.45, 7) is 1.38. The molecule has 0 radical (unpaired) electrons. The minimum Gasteiger partial charge on any atom is -1.00 e. The largest absolute Gasteiger partial charge is 1.00 e. The number of fused-ring (bicyclic) bond motifs is 1. The Morgan fingerprint density at radius 2 is 1.62 bits per heavy atom. The Bertz CT molecular complexity index is 478. The third kappa shape index (κ3) is 2.17. The molecule has 0 atom stereocenters. The molecule has 1 fully saturated rings. The maximum absolute atomic E-state index is 5.52. The topological polar surface area (TPSA) is 18.5 Å². The van der Waals surface area contributed by atoms with Gasteiger partial charge in [-0.2, -0.15) is 0 Å². The zero-order valence-corrected chi connectivity index (χ0v) is 11.3. The van der Waals surface area contributed by atoms with Gasteiger partial charge < -0.3 is 10.9 Å². The van der Waals surface area contributed by atoms with E-state index >= 15 is 0 Å². The molecule has 0 spiro atoms. The average Bonchev–Trinajstić information content (AvgIpc) is 2.82. The van der Waals surface area contributed by atoms with Crippen LogP contribution in [-0.2, 0) is 9.47 Å². The predicted octanol–water partition coefficient (Wildman–Crippen LogP) is 0.00170. The summed E-state index contributed by atoms with van der Waals surface area (Å²) < 4.78 is 11.0. The summed E-state index contributed by atoms with van der Waals surface area (Å²) in [7, 11) is 0. The van der Waals surface area contributed by atoms with Crippen LogP contribution in [0.3, 0.4) is 0 Å². The third-order valence-electron chi connectivity index (χ3n) is 2.70. The summed E-state index contributed by atoms with van der Waals surface area (Å²) in [6, 6.07) is 14.5. The molecule has 0 amide bonds. The first-order valence-electron chi connectivity index (χ1n) is 5.16. The van der Waals surface area contributed by atoms with E-state index in [0.717, 1.165) is 5.56 Å². The first-order chi connectivity index (χ1) is 7.45.